The summed E-state index contributed by atoms with van der Waals surface area (Å²) in [5, 5.41) is 0. The Balaban J connectivity index is -0.000000746. The Morgan fingerprint density at radius 3 is 1.74 bits per heavy atom. The summed E-state index contributed by atoms with van der Waals surface area (Å²) in [4.78, 5) is 2.59. The largest absolute Gasteiger partial charge is 0.303 e. The van der Waals surface area contributed by atoms with Crippen molar-refractivity contribution < 1.29 is 0 Å². The number of hydrogen-bond acceptors (Lipinski definition) is 1. The van der Waals surface area contributed by atoms with Gasteiger partial charge in [0.1, 0.15) is 0 Å². The molecule has 334 valence electrons. The Hall–Kier alpha value is -1.78. The molecule has 1 aliphatic carbocycles. The fourth-order valence-electron chi connectivity index (χ4n) is 7.92. The van der Waals surface area contributed by atoms with Gasteiger partial charge in [0.05, 0.1) is 0 Å². The van der Waals surface area contributed by atoms with Gasteiger partial charge < -0.3 is 4.90 Å². The molecule has 0 N–H and O–H groups in total. The lowest BCUT2D eigenvalue weighted by Crippen LogP contribution is -2.26. The second-order valence-electron chi connectivity index (χ2n) is 18.4. The molecule has 0 heterocycles. The maximum atomic E-state index is 4.60. The summed E-state index contributed by atoms with van der Waals surface area (Å²) in [5.41, 5.74) is 3.29. The van der Waals surface area contributed by atoms with E-state index in [1.165, 1.54) is 198 Å². The van der Waals surface area contributed by atoms with Crippen LogP contribution in [0.3, 0.4) is 0 Å². The first kappa shape index (κ1) is 59.5. The van der Waals surface area contributed by atoms with Gasteiger partial charge in [-0.1, -0.05) is 155 Å². The second-order valence-corrected chi connectivity index (χ2v) is 18.4. The maximum absolute atomic E-state index is 4.60. The van der Waals surface area contributed by atoms with Crippen molar-refractivity contribution in [2.24, 2.45) is 29.1 Å². The van der Waals surface area contributed by atoms with Crippen LogP contribution >= 0.6 is 0 Å². The first-order valence-corrected chi connectivity index (χ1v) is 24.7. The molecule has 0 bridgehead atoms. The van der Waals surface area contributed by atoms with E-state index in [0.717, 1.165) is 17.8 Å². The molecule has 1 fully saturated rings. The number of nitrogens with zero attached hydrogens (tertiary/aromatic N) is 1. The normalized spacial score (nSPS) is 16.4. The number of allylic oxidation sites excluding steroid dienone is 6. The Kier molecular flexibility index (Phi) is 45.7. The summed E-state index contributed by atoms with van der Waals surface area (Å²) >= 11 is 0. The summed E-state index contributed by atoms with van der Waals surface area (Å²) in [5.74, 6) is 5.79. The van der Waals surface area contributed by atoms with Crippen molar-refractivity contribution in [2.45, 2.75) is 236 Å². The summed E-state index contributed by atoms with van der Waals surface area (Å²) in [6.45, 7) is 42.1. The Bertz CT molecular complexity index is 964. The highest BCUT2D eigenvalue weighted by Crippen LogP contribution is 2.49. The van der Waals surface area contributed by atoms with Crippen LogP contribution in [0.5, 0.6) is 0 Å². The van der Waals surface area contributed by atoms with Crippen LogP contribution in [0.25, 0.3) is 0 Å². The number of hydrogen-bond donors (Lipinski definition) is 0. The second kappa shape index (κ2) is 43.8. The zero-order valence-electron chi connectivity index (χ0n) is 41.0. The summed E-state index contributed by atoms with van der Waals surface area (Å²) in [7, 11) is 0. The van der Waals surface area contributed by atoms with Gasteiger partial charge in [-0.3, -0.25) is 0 Å². The van der Waals surface area contributed by atoms with Crippen LogP contribution in [0.2, 0.25) is 0 Å². The Labute approximate surface area is 362 Å². The molecular weight excluding hydrogens is 687 g/mol. The summed E-state index contributed by atoms with van der Waals surface area (Å²) < 4.78 is 0. The van der Waals surface area contributed by atoms with Crippen molar-refractivity contribution in [3.05, 3.63) is 61.8 Å². The minimum absolute atomic E-state index is 0.520. The predicted molar refractivity (Wildman–Crippen MR) is 266 cm³/mol. The molecule has 1 rings (SSSR count). The SMILES string of the molecule is C#CC.C=C(C)CCCCCCCCCC/C=C\CCCCC.C=CC(CC)CCC(=C)CCCN(CCC)CCC.C=CCC(C)(CC(C)CC)CC1CC1C. The van der Waals surface area contributed by atoms with Crippen LogP contribution in [-0.2, 0) is 0 Å². The maximum Gasteiger partial charge on any atom is -0.00157 e. The zero-order valence-corrected chi connectivity index (χ0v) is 41.0. The smallest absolute Gasteiger partial charge is 0.00157 e. The highest BCUT2D eigenvalue weighted by atomic mass is 15.1. The highest BCUT2D eigenvalue weighted by Gasteiger charge is 2.38. The van der Waals surface area contributed by atoms with E-state index in [9.17, 15) is 0 Å². The first-order valence-electron chi connectivity index (χ1n) is 24.7. The molecule has 5 unspecified atom stereocenters. The van der Waals surface area contributed by atoms with Crippen LogP contribution in [0.1, 0.15) is 236 Å². The van der Waals surface area contributed by atoms with Crippen molar-refractivity contribution >= 4 is 0 Å². The van der Waals surface area contributed by atoms with Crippen molar-refractivity contribution in [1.82, 2.24) is 4.90 Å². The van der Waals surface area contributed by atoms with E-state index in [0.29, 0.717) is 11.3 Å². The third-order valence-electron chi connectivity index (χ3n) is 11.9. The summed E-state index contributed by atoms with van der Waals surface area (Å²) in [6.07, 6.45) is 48.1. The van der Waals surface area contributed by atoms with Crippen LogP contribution in [0, 0.1) is 41.4 Å². The van der Waals surface area contributed by atoms with Crippen molar-refractivity contribution in [2.75, 3.05) is 19.6 Å². The molecule has 5 atom stereocenters. The van der Waals surface area contributed by atoms with E-state index >= 15 is 0 Å². The van der Waals surface area contributed by atoms with Gasteiger partial charge in [-0.25, -0.2) is 0 Å². The molecule has 0 aromatic rings. The average Bonchev–Trinajstić information content (AvgIpc) is 3.87. The minimum atomic E-state index is 0.520. The fraction of sp³-hybridized carbons (Fsp3) is 0.786. The van der Waals surface area contributed by atoms with E-state index in [1.54, 1.807) is 6.92 Å². The van der Waals surface area contributed by atoms with Gasteiger partial charge >= 0.3 is 0 Å². The zero-order chi connectivity index (χ0) is 43.6. The van der Waals surface area contributed by atoms with Gasteiger partial charge in [0, 0.05) is 0 Å². The molecule has 1 saturated carbocycles. The monoisotopic (exact) mass is 792 g/mol. The minimum Gasteiger partial charge on any atom is -0.303 e. The van der Waals surface area contributed by atoms with E-state index in [4.69, 9.17) is 0 Å². The van der Waals surface area contributed by atoms with Gasteiger partial charge in [-0.15, -0.1) is 32.1 Å². The first-order chi connectivity index (χ1) is 27.4. The fourth-order valence-corrected chi connectivity index (χ4v) is 7.92. The van der Waals surface area contributed by atoms with Gasteiger partial charge in [0.25, 0.3) is 0 Å². The van der Waals surface area contributed by atoms with Gasteiger partial charge in [0.15, 0.2) is 0 Å². The van der Waals surface area contributed by atoms with E-state index in [2.05, 4.69) is 130 Å². The molecular formula is C56H105N. The molecule has 0 aliphatic heterocycles. The van der Waals surface area contributed by atoms with E-state index in [-0.39, 0.29) is 0 Å². The van der Waals surface area contributed by atoms with Crippen molar-refractivity contribution in [3.8, 4) is 12.3 Å². The predicted octanol–water partition coefficient (Wildman–Crippen LogP) is 18.7. The van der Waals surface area contributed by atoms with Gasteiger partial charge in [-0.2, -0.15) is 0 Å². The lowest BCUT2D eigenvalue weighted by Gasteiger charge is -2.31. The molecule has 0 aromatic heterocycles. The number of terminal acetylenes is 1. The Morgan fingerprint density at radius 2 is 1.30 bits per heavy atom. The van der Waals surface area contributed by atoms with Gasteiger partial charge in [-0.05, 0) is 172 Å². The highest BCUT2D eigenvalue weighted by molar-refractivity contribution is 4.96. The molecule has 0 radical (unpaired) electrons. The van der Waals surface area contributed by atoms with Crippen LogP contribution in [0.4, 0.5) is 0 Å². The van der Waals surface area contributed by atoms with Gasteiger partial charge in [0.2, 0.25) is 0 Å². The molecule has 0 saturated heterocycles. The third kappa shape index (κ3) is 43.6. The third-order valence-corrected chi connectivity index (χ3v) is 11.9. The molecule has 0 aromatic carbocycles. The lowest BCUT2D eigenvalue weighted by molar-refractivity contribution is 0.213. The molecule has 0 spiro atoms. The van der Waals surface area contributed by atoms with Crippen molar-refractivity contribution in [3.63, 3.8) is 0 Å². The molecule has 0 amide bonds. The van der Waals surface area contributed by atoms with Crippen molar-refractivity contribution in [1.29, 1.82) is 0 Å². The topological polar surface area (TPSA) is 3.24 Å². The van der Waals surface area contributed by atoms with Crippen LogP contribution in [-0.4, -0.2) is 24.5 Å². The van der Waals surface area contributed by atoms with E-state index in [1.807, 2.05) is 0 Å². The number of rotatable bonds is 35. The Morgan fingerprint density at radius 1 is 0.772 bits per heavy atom. The molecule has 1 heteroatoms. The lowest BCUT2D eigenvalue weighted by atomic mass is 9.74. The molecule has 1 nitrogen and oxygen atoms in total. The van der Waals surface area contributed by atoms with Crippen LogP contribution in [0.15, 0.2) is 61.8 Å². The summed E-state index contributed by atoms with van der Waals surface area (Å²) in [6, 6.07) is 0. The molecule has 1 aliphatic rings. The number of unbranched alkanes of at least 4 members (excludes halogenated alkanes) is 11. The van der Waals surface area contributed by atoms with E-state index < -0.39 is 0 Å². The van der Waals surface area contributed by atoms with Crippen LogP contribution < -0.4 is 0 Å². The standard InChI is InChI=1S/C20H38.C18H35N.C15H28.C3H4/c1-4-5-6-7-8-9-10-11-12-13-14-15-16-17-18-19-20(2)3;1-6-14-19(15-7-2)16-10-11-17(5)12-13-18(8-3)9-4;1-6-8-15(5,10-12(3)7-2)11-14-9-13(14)4;1-3-2/h8-9H,2,4-7,10-19H2,1,3H3;8,18H,3,5-7,9-16H2,1-2,4H3;6,12-14H,1,7-11H2,2-5H3;1H,2H3/b9-8-;;;. The quantitative estimate of drug-likeness (QED) is 0.0351. The molecule has 57 heavy (non-hydrogen) atoms. The average molecular weight is 792 g/mol.